The minimum absolute atomic E-state index is 0.0491. The van der Waals surface area contributed by atoms with E-state index in [1.54, 1.807) is 14.2 Å². The monoisotopic (exact) mass is 248 g/mol. The van der Waals surface area contributed by atoms with Gasteiger partial charge in [0.2, 0.25) is 5.91 Å². The second-order valence-electron chi connectivity index (χ2n) is 4.74. The van der Waals surface area contributed by atoms with Crippen molar-refractivity contribution >= 4 is 5.91 Å². The van der Waals surface area contributed by atoms with Crippen LogP contribution in [-0.4, -0.2) is 26.6 Å². The minimum atomic E-state index is -0.166. The van der Waals surface area contributed by atoms with E-state index >= 15 is 0 Å². The molecule has 2 N–H and O–H groups in total. The zero-order chi connectivity index (χ0) is 13.0. The topological polar surface area (TPSA) is 50.4 Å². The number of likely N-dealkylation sites (N-methyl/N-ethyl adjacent to an activating group) is 1. The summed E-state index contributed by atoms with van der Waals surface area (Å²) < 4.78 is 5.16. The molecule has 0 spiro atoms. The van der Waals surface area contributed by atoms with Crippen LogP contribution in [0.5, 0.6) is 5.75 Å². The first-order valence-corrected chi connectivity index (χ1v) is 6.30. The Hall–Kier alpha value is -1.55. The molecule has 18 heavy (non-hydrogen) atoms. The van der Waals surface area contributed by atoms with Crippen molar-refractivity contribution in [2.75, 3.05) is 20.7 Å². The number of hydrogen-bond donors (Lipinski definition) is 2. The molecule has 0 heterocycles. The van der Waals surface area contributed by atoms with Crippen molar-refractivity contribution in [1.29, 1.82) is 0 Å². The van der Waals surface area contributed by atoms with Gasteiger partial charge in [-0.15, -0.1) is 0 Å². The molecule has 0 unspecified atom stereocenters. The third-order valence-electron chi connectivity index (χ3n) is 3.57. The highest BCUT2D eigenvalue weighted by molar-refractivity contribution is 5.79. The van der Waals surface area contributed by atoms with E-state index in [1.807, 2.05) is 24.3 Å². The Kier molecular flexibility index (Phi) is 3.87. The lowest BCUT2D eigenvalue weighted by Gasteiger charge is -2.43. The number of nitrogens with one attached hydrogen (secondary N) is 2. The van der Waals surface area contributed by atoms with Gasteiger partial charge in [-0.25, -0.2) is 0 Å². The number of hydrogen-bond acceptors (Lipinski definition) is 3. The number of ether oxygens (including phenoxy) is 1. The minimum Gasteiger partial charge on any atom is -0.497 e. The molecule has 1 aliphatic rings. The van der Waals surface area contributed by atoms with E-state index in [1.165, 1.54) is 5.56 Å². The van der Waals surface area contributed by atoms with Crippen LogP contribution in [0, 0.1) is 0 Å². The molecular weight excluding hydrogens is 228 g/mol. The molecule has 1 saturated carbocycles. The van der Waals surface area contributed by atoms with Crippen molar-refractivity contribution in [3.63, 3.8) is 0 Å². The zero-order valence-electron chi connectivity index (χ0n) is 11.0. The molecular formula is C14H20N2O2. The molecule has 2 rings (SSSR count). The van der Waals surface area contributed by atoms with Crippen LogP contribution in [0.1, 0.15) is 24.8 Å². The molecule has 0 bridgehead atoms. The molecule has 1 fully saturated rings. The van der Waals surface area contributed by atoms with Gasteiger partial charge in [0.15, 0.2) is 0 Å². The van der Waals surface area contributed by atoms with E-state index in [2.05, 4.69) is 10.6 Å². The molecule has 0 saturated heterocycles. The number of methoxy groups -OCH3 is 1. The van der Waals surface area contributed by atoms with Crippen molar-refractivity contribution in [1.82, 2.24) is 10.6 Å². The lowest BCUT2D eigenvalue weighted by atomic mass is 9.71. The molecule has 0 radical (unpaired) electrons. The molecule has 0 aromatic heterocycles. The van der Waals surface area contributed by atoms with E-state index in [9.17, 15) is 4.79 Å². The van der Waals surface area contributed by atoms with Crippen molar-refractivity contribution < 1.29 is 9.53 Å². The fourth-order valence-electron chi connectivity index (χ4n) is 2.40. The number of rotatable bonds is 5. The summed E-state index contributed by atoms with van der Waals surface area (Å²) in [5, 5.41) is 6.02. The van der Waals surface area contributed by atoms with Gasteiger partial charge >= 0.3 is 0 Å². The van der Waals surface area contributed by atoms with Gasteiger partial charge < -0.3 is 15.4 Å². The highest BCUT2D eigenvalue weighted by atomic mass is 16.5. The van der Waals surface area contributed by atoms with Crippen LogP contribution < -0.4 is 15.4 Å². The van der Waals surface area contributed by atoms with Crippen LogP contribution in [0.25, 0.3) is 0 Å². The zero-order valence-corrected chi connectivity index (χ0v) is 11.0. The second kappa shape index (κ2) is 5.40. The van der Waals surface area contributed by atoms with E-state index in [0.29, 0.717) is 6.54 Å². The van der Waals surface area contributed by atoms with Crippen molar-refractivity contribution in [3.8, 4) is 5.75 Å². The van der Waals surface area contributed by atoms with Gasteiger partial charge in [-0.3, -0.25) is 4.79 Å². The second-order valence-corrected chi connectivity index (χ2v) is 4.74. The Bertz CT molecular complexity index is 410. The summed E-state index contributed by atoms with van der Waals surface area (Å²) in [6, 6.07) is 7.97. The molecule has 0 aliphatic heterocycles. The predicted octanol–water partition coefficient (Wildman–Crippen LogP) is 1.41. The Morgan fingerprint density at radius 3 is 2.44 bits per heavy atom. The fraction of sp³-hybridized carbons (Fsp3) is 0.500. The molecule has 4 nitrogen and oxygen atoms in total. The summed E-state index contributed by atoms with van der Waals surface area (Å²) in [5.74, 6) is 0.891. The molecule has 1 amide bonds. The Balaban J connectivity index is 2.13. The van der Waals surface area contributed by atoms with Crippen molar-refractivity contribution in [2.45, 2.75) is 24.8 Å². The quantitative estimate of drug-likeness (QED) is 0.828. The van der Waals surface area contributed by atoms with Crippen LogP contribution in [0.2, 0.25) is 0 Å². The van der Waals surface area contributed by atoms with Gasteiger partial charge in [0, 0.05) is 0 Å². The maximum Gasteiger partial charge on any atom is 0.234 e. The van der Waals surface area contributed by atoms with Gasteiger partial charge in [-0.05, 0) is 44.0 Å². The molecule has 1 aromatic rings. The first-order valence-electron chi connectivity index (χ1n) is 6.30. The number of benzene rings is 1. The summed E-state index contributed by atoms with van der Waals surface area (Å²) in [5.41, 5.74) is 0.999. The third kappa shape index (κ3) is 2.48. The maximum atomic E-state index is 11.7. The third-order valence-corrected chi connectivity index (χ3v) is 3.57. The summed E-state index contributed by atoms with van der Waals surface area (Å²) in [4.78, 5) is 11.7. The summed E-state index contributed by atoms with van der Waals surface area (Å²) in [6.45, 7) is 0.359. The largest absolute Gasteiger partial charge is 0.497 e. The average Bonchev–Trinajstić information content (AvgIpc) is 2.34. The van der Waals surface area contributed by atoms with Crippen molar-refractivity contribution in [3.05, 3.63) is 29.8 Å². The summed E-state index contributed by atoms with van der Waals surface area (Å²) >= 11 is 0. The van der Waals surface area contributed by atoms with E-state index in [0.717, 1.165) is 25.0 Å². The van der Waals surface area contributed by atoms with E-state index in [-0.39, 0.29) is 11.4 Å². The standard InChI is InChI=1S/C14H20N2O2/c1-15-10-13(17)16-14(8-3-9-14)11-4-6-12(18-2)7-5-11/h4-7,15H,3,8-10H2,1-2H3,(H,16,17). The van der Waals surface area contributed by atoms with Gasteiger partial charge in [0.05, 0.1) is 19.2 Å². The molecule has 1 aliphatic carbocycles. The van der Waals surface area contributed by atoms with Crippen LogP contribution >= 0.6 is 0 Å². The van der Waals surface area contributed by atoms with Crippen LogP contribution in [0.3, 0.4) is 0 Å². The van der Waals surface area contributed by atoms with Gasteiger partial charge in [0.25, 0.3) is 0 Å². The smallest absolute Gasteiger partial charge is 0.234 e. The first-order chi connectivity index (χ1) is 8.70. The van der Waals surface area contributed by atoms with Crippen LogP contribution in [-0.2, 0) is 10.3 Å². The number of amides is 1. The lowest BCUT2D eigenvalue weighted by molar-refractivity contribution is -0.123. The van der Waals surface area contributed by atoms with Gasteiger partial charge in [0.1, 0.15) is 5.75 Å². The average molecular weight is 248 g/mol. The molecule has 98 valence electrons. The van der Waals surface area contributed by atoms with Crippen molar-refractivity contribution in [2.24, 2.45) is 0 Å². The Morgan fingerprint density at radius 1 is 1.33 bits per heavy atom. The number of carbonyl (C=O) groups excluding carboxylic acids is 1. The lowest BCUT2D eigenvalue weighted by Crippen LogP contribution is -2.52. The molecule has 1 aromatic carbocycles. The summed E-state index contributed by atoms with van der Waals surface area (Å²) in [7, 11) is 3.43. The van der Waals surface area contributed by atoms with Gasteiger partial charge in [-0.1, -0.05) is 12.1 Å². The first kappa shape index (κ1) is 12.9. The highest BCUT2D eigenvalue weighted by Gasteiger charge is 2.39. The molecule has 4 heteroatoms. The van der Waals surface area contributed by atoms with Gasteiger partial charge in [-0.2, -0.15) is 0 Å². The van der Waals surface area contributed by atoms with E-state index in [4.69, 9.17) is 4.74 Å². The maximum absolute atomic E-state index is 11.7. The van der Waals surface area contributed by atoms with Crippen LogP contribution in [0.15, 0.2) is 24.3 Å². The summed E-state index contributed by atoms with van der Waals surface area (Å²) in [6.07, 6.45) is 3.18. The SMILES string of the molecule is CNCC(=O)NC1(c2ccc(OC)cc2)CCC1. The fourth-order valence-corrected chi connectivity index (χ4v) is 2.40. The number of carbonyl (C=O) groups is 1. The Morgan fingerprint density at radius 2 is 2.00 bits per heavy atom. The molecule has 0 atom stereocenters. The van der Waals surface area contributed by atoms with Crippen LogP contribution in [0.4, 0.5) is 0 Å². The Labute approximate surface area is 108 Å². The normalized spacial score (nSPS) is 16.8. The van der Waals surface area contributed by atoms with E-state index < -0.39 is 0 Å². The predicted molar refractivity (Wildman–Crippen MR) is 70.6 cm³/mol. The highest BCUT2D eigenvalue weighted by Crippen LogP contribution is 2.41.